The van der Waals surface area contributed by atoms with Gasteiger partial charge in [0.2, 0.25) is 12.7 Å². The Labute approximate surface area is 186 Å². The van der Waals surface area contributed by atoms with Crippen LogP contribution < -0.4 is 14.8 Å². The van der Waals surface area contributed by atoms with E-state index in [-0.39, 0.29) is 29.9 Å². The van der Waals surface area contributed by atoms with Crippen molar-refractivity contribution in [2.75, 3.05) is 39.6 Å². The summed E-state index contributed by atoms with van der Waals surface area (Å²) in [5, 5.41) is 3.10. The lowest BCUT2D eigenvalue weighted by molar-refractivity contribution is -0.129. The van der Waals surface area contributed by atoms with Gasteiger partial charge in [-0.2, -0.15) is 0 Å². The van der Waals surface area contributed by atoms with Gasteiger partial charge in [0.05, 0.1) is 5.92 Å². The summed E-state index contributed by atoms with van der Waals surface area (Å²) in [6.07, 6.45) is 5.81. The van der Waals surface area contributed by atoms with Gasteiger partial charge in [0.1, 0.15) is 0 Å². The predicted molar refractivity (Wildman–Crippen MR) is 115 cm³/mol. The summed E-state index contributed by atoms with van der Waals surface area (Å²) in [7, 11) is 0. The minimum absolute atomic E-state index is 0.0157. The number of ether oxygens (including phenoxy) is 3. The molecule has 2 amide bonds. The number of pyridine rings is 1. The first-order valence-corrected chi connectivity index (χ1v) is 11.1. The van der Waals surface area contributed by atoms with Crippen LogP contribution in [-0.4, -0.2) is 61.3 Å². The van der Waals surface area contributed by atoms with Crippen LogP contribution in [0.2, 0.25) is 0 Å². The molecule has 1 aromatic carbocycles. The minimum Gasteiger partial charge on any atom is -0.454 e. The van der Waals surface area contributed by atoms with Gasteiger partial charge in [-0.15, -0.1) is 0 Å². The van der Waals surface area contributed by atoms with E-state index in [1.165, 1.54) is 0 Å². The Morgan fingerprint density at radius 2 is 1.88 bits per heavy atom. The lowest BCUT2D eigenvalue weighted by atomic mass is 9.71. The summed E-state index contributed by atoms with van der Waals surface area (Å²) in [6.45, 7) is 2.93. The number of carbonyl (C=O) groups excluding carboxylic acids is 2. The summed E-state index contributed by atoms with van der Waals surface area (Å²) < 4.78 is 16.4. The maximum absolute atomic E-state index is 13.3. The molecule has 5 rings (SSSR count). The molecule has 168 valence electrons. The van der Waals surface area contributed by atoms with Crippen molar-refractivity contribution in [2.45, 2.75) is 19.3 Å². The molecule has 0 radical (unpaired) electrons. The molecule has 0 aliphatic carbocycles. The second-order valence-electron chi connectivity index (χ2n) is 8.68. The number of carbonyl (C=O) groups is 2. The Balaban J connectivity index is 1.29. The fraction of sp³-hybridized carbons (Fsp3) is 0.458. The van der Waals surface area contributed by atoms with Crippen LogP contribution in [0.15, 0.2) is 42.7 Å². The first kappa shape index (κ1) is 20.8. The van der Waals surface area contributed by atoms with Crippen molar-refractivity contribution in [1.82, 2.24) is 15.2 Å². The highest BCUT2D eigenvalue weighted by atomic mass is 16.7. The number of nitrogens with one attached hydrogen (secondary N) is 1. The molecule has 1 spiro atoms. The van der Waals surface area contributed by atoms with Crippen molar-refractivity contribution >= 4 is 11.8 Å². The Morgan fingerprint density at radius 1 is 1.09 bits per heavy atom. The standard InChI is InChI=1S/C24H27N3O5/c28-22(26-10-5-17-3-8-25-9-4-17)19-14-27(15-24(19)6-11-30-12-7-24)23(29)18-1-2-20-21(13-18)32-16-31-20/h1-4,8-9,13,19H,5-7,10-12,14-16H2,(H,26,28). The maximum atomic E-state index is 13.3. The summed E-state index contributed by atoms with van der Waals surface area (Å²) in [5.74, 6) is 0.918. The number of amides is 2. The van der Waals surface area contributed by atoms with E-state index in [0.29, 0.717) is 49.9 Å². The van der Waals surface area contributed by atoms with E-state index in [1.54, 1.807) is 30.6 Å². The number of likely N-dealkylation sites (tertiary alicyclic amines) is 1. The van der Waals surface area contributed by atoms with E-state index in [4.69, 9.17) is 14.2 Å². The molecule has 4 heterocycles. The minimum atomic E-state index is -0.248. The molecule has 1 aromatic heterocycles. The molecule has 2 fully saturated rings. The van der Waals surface area contributed by atoms with E-state index in [0.717, 1.165) is 24.8 Å². The highest BCUT2D eigenvalue weighted by Crippen LogP contribution is 2.45. The van der Waals surface area contributed by atoms with Crippen molar-refractivity contribution in [3.05, 3.63) is 53.9 Å². The van der Waals surface area contributed by atoms with Crippen molar-refractivity contribution in [3.63, 3.8) is 0 Å². The zero-order valence-corrected chi connectivity index (χ0v) is 17.9. The summed E-state index contributed by atoms with van der Waals surface area (Å²) in [4.78, 5) is 32.4. The zero-order chi connectivity index (χ0) is 22.0. The SMILES string of the molecule is O=C(NCCc1ccncc1)C1CN(C(=O)c2ccc3c(c2)OCO3)CC12CCOCC2. The van der Waals surface area contributed by atoms with Crippen LogP contribution in [0.25, 0.3) is 0 Å². The fourth-order valence-electron chi connectivity index (χ4n) is 4.98. The molecule has 0 bridgehead atoms. The fourth-order valence-corrected chi connectivity index (χ4v) is 4.98. The first-order valence-electron chi connectivity index (χ1n) is 11.1. The van der Waals surface area contributed by atoms with Crippen LogP contribution in [0.1, 0.15) is 28.8 Å². The normalized spacial score (nSPS) is 21.0. The largest absolute Gasteiger partial charge is 0.454 e. The van der Waals surface area contributed by atoms with Gasteiger partial charge in [0.25, 0.3) is 5.91 Å². The molecule has 1 N–H and O–H groups in total. The van der Waals surface area contributed by atoms with Crippen LogP contribution in [0, 0.1) is 11.3 Å². The van der Waals surface area contributed by atoms with Gasteiger partial charge in [0, 0.05) is 56.2 Å². The monoisotopic (exact) mass is 437 g/mol. The van der Waals surface area contributed by atoms with E-state index in [1.807, 2.05) is 17.0 Å². The predicted octanol–water partition coefficient (Wildman–Crippen LogP) is 2.04. The van der Waals surface area contributed by atoms with E-state index in [2.05, 4.69) is 10.3 Å². The molecule has 1 atom stereocenters. The van der Waals surface area contributed by atoms with Crippen LogP contribution in [0.3, 0.4) is 0 Å². The first-order chi connectivity index (χ1) is 15.6. The van der Waals surface area contributed by atoms with Crippen molar-refractivity contribution in [3.8, 4) is 11.5 Å². The average molecular weight is 437 g/mol. The highest BCUT2D eigenvalue weighted by Gasteiger charge is 2.51. The zero-order valence-electron chi connectivity index (χ0n) is 17.9. The number of benzene rings is 1. The van der Waals surface area contributed by atoms with Gasteiger partial charge in [-0.25, -0.2) is 0 Å². The lowest BCUT2D eigenvalue weighted by Gasteiger charge is -2.37. The number of aromatic nitrogens is 1. The van der Waals surface area contributed by atoms with Gasteiger partial charge >= 0.3 is 0 Å². The third-order valence-electron chi connectivity index (χ3n) is 6.82. The Kier molecular flexibility index (Phi) is 5.70. The lowest BCUT2D eigenvalue weighted by Crippen LogP contribution is -2.44. The number of nitrogens with zero attached hydrogens (tertiary/aromatic N) is 2. The van der Waals surface area contributed by atoms with E-state index >= 15 is 0 Å². The van der Waals surface area contributed by atoms with Crippen LogP contribution in [0.4, 0.5) is 0 Å². The highest BCUT2D eigenvalue weighted by molar-refractivity contribution is 5.96. The second kappa shape index (κ2) is 8.78. The van der Waals surface area contributed by atoms with Crippen molar-refractivity contribution in [1.29, 1.82) is 0 Å². The summed E-state index contributed by atoms with van der Waals surface area (Å²) in [6, 6.07) is 9.15. The Morgan fingerprint density at radius 3 is 2.69 bits per heavy atom. The number of rotatable bonds is 5. The molecule has 3 aliphatic heterocycles. The topological polar surface area (TPSA) is 90.0 Å². The molecule has 2 aromatic rings. The van der Waals surface area contributed by atoms with Gasteiger partial charge < -0.3 is 24.4 Å². The molecule has 0 saturated carbocycles. The van der Waals surface area contributed by atoms with Crippen LogP contribution in [0.5, 0.6) is 11.5 Å². The number of fused-ring (bicyclic) bond motifs is 1. The molecular weight excluding hydrogens is 410 g/mol. The van der Waals surface area contributed by atoms with Crippen LogP contribution >= 0.6 is 0 Å². The molecule has 8 heteroatoms. The third kappa shape index (κ3) is 4.02. The maximum Gasteiger partial charge on any atom is 0.254 e. The Bertz CT molecular complexity index is 990. The summed E-state index contributed by atoms with van der Waals surface area (Å²) in [5.41, 5.74) is 1.44. The average Bonchev–Trinajstić information content (AvgIpc) is 3.44. The molecule has 3 aliphatic rings. The molecule has 32 heavy (non-hydrogen) atoms. The van der Waals surface area contributed by atoms with Gasteiger partial charge in [-0.3, -0.25) is 14.6 Å². The van der Waals surface area contributed by atoms with E-state index in [9.17, 15) is 9.59 Å². The van der Waals surface area contributed by atoms with Crippen molar-refractivity contribution < 1.29 is 23.8 Å². The molecule has 8 nitrogen and oxygen atoms in total. The van der Waals surface area contributed by atoms with E-state index < -0.39 is 0 Å². The smallest absolute Gasteiger partial charge is 0.254 e. The third-order valence-corrected chi connectivity index (χ3v) is 6.82. The van der Waals surface area contributed by atoms with Gasteiger partial charge in [-0.05, 0) is 55.2 Å². The molecular formula is C24H27N3O5. The number of hydrogen-bond donors (Lipinski definition) is 1. The van der Waals surface area contributed by atoms with Gasteiger partial charge in [-0.1, -0.05) is 0 Å². The van der Waals surface area contributed by atoms with Gasteiger partial charge in [0.15, 0.2) is 11.5 Å². The summed E-state index contributed by atoms with van der Waals surface area (Å²) >= 11 is 0. The molecule has 1 unspecified atom stereocenters. The second-order valence-corrected chi connectivity index (χ2v) is 8.68. The van der Waals surface area contributed by atoms with Crippen LogP contribution in [-0.2, 0) is 16.0 Å². The quantitative estimate of drug-likeness (QED) is 0.770. The Hall–Kier alpha value is -3.13. The van der Waals surface area contributed by atoms with Crippen molar-refractivity contribution in [2.24, 2.45) is 11.3 Å². The number of hydrogen-bond acceptors (Lipinski definition) is 6. The molecule has 2 saturated heterocycles.